The van der Waals surface area contributed by atoms with E-state index in [0.717, 1.165) is 0 Å². The molecule has 10 heteroatoms. The Hall–Kier alpha value is -4.49. The number of carbonyl (C=O) groups excluding carboxylic acids is 3. The first-order valence-corrected chi connectivity index (χ1v) is 11.9. The Morgan fingerprint density at radius 2 is 1.92 bits per heavy atom. The number of benzene rings is 1. The molecule has 1 aromatic heterocycles. The number of carbonyl (C=O) groups is 3. The summed E-state index contributed by atoms with van der Waals surface area (Å²) in [6, 6.07) is 13.3. The molecule has 37 heavy (non-hydrogen) atoms. The van der Waals surface area contributed by atoms with Gasteiger partial charge in [0.25, 0.3) is 5.91 Å². The minimum absolute atomic E-state index is 0.0132. The fourth-order valence-corrected chi connectivity index (χ4v) is 3.74. The molecule has 0 bridgehead atoms. The smallest absolute Gasteiger partial charge is 0.307 e. The van der Waals surface area contributed by atoms with Gasteiger partial charge in [0.1, 0.15) is 5.82 Å². The van der Waals surface area contributed by atoms with Crippen LogP contribution in [0.1, 0.15) is 18.9 Å². The van der Waals surface area contributed by atoms with Crippen molar-refractivity contribution in [3.63, 3.8) is 0 Å². The van der Waals surface area contributed by atoms with Crippen LogP contribution in [0.15, 0.2) is 72.5 Å². The molecule has 0 saturated heterocycles. The highest BCUT2D eigenvalue weighted by molar-refractivity contribution is 6.07. The van der Waals surface area contributed by atoms with Crippen molar-refractivity contribution >= 4 is 29.3 Å². The zero-order valence-electron chi connectivity index (χ0n) is 20.8. The van der Waals surface area contributed by atoms with Crippen molar-refractivity contribution in [2.45, 2.75) is 25.4 Å². The fraction of sp³-hybridized carbons (Fsp3) is 0.296. The van der Waals surface area contributed by atoms with Crippen LogP contribution in [0.3, 0.4) is 0 Å². The number of hydrogen-bond acceptors (Lipinski definition) is 8. The molecule has 2 amide bonds. The fourth-order valence-electron chi connectivity index (χ4n) is 3.74. The lowest BCUT2D eigenvalue weighted by Crippen LogP contribution is -2.50. The number of nitrogens with one attached hydrogen (secondary N) is 3. The highest BCUT2D eigenvalue weighted by Crippen LogP contribution is 2.19. The second-order valence-corrected chi connectivity index (χ2v) is 8.13. The van der Waals surface area contributed by atoms with Crippen molar-refractivity contribution in [2.24, 2.45) is 0 Å². The van der Waals surface area contributed by atoms with E-state index in [4.69, 9.17) is 10.00 Å². The van der Waals surface area contributed by atoms with Gasteiger partial charge in [-0.25, -0.2) is 4.98 Å². The number of hydrogen-bond donors (Lipinski definition) is 3. The van der Waals surface area contributed by atoms with Crippen LogP contribution in [0.2, 0.25) is 0 Å². The Balaban J connectivity index is 1.71. The molecule has 1 aliphatic rings. The van der Waals surface area contributed by atoms with Crippen LogP contribution in [-0.2, 0) is 19.1 Å². The Bertz CT molecular complexity index is 1190. The summed E-state index contributed by atoms with van der Waals surface area (Å²) in [5, 5.41) is 18.0. The zero-order valence-corrected chi connectivity index (χ0v) is 20.8. The van der Waals surface area contributed by atoms with E-state index in [1.54, 1.807) is 74.8 Å². The lowest BCUT2D eigenvalue weighted by molar-refractivity contribution is -0.142. The van der Waals surface area contributed by atoms with Gasteiger partial charge >= 0.3 is 5.97 Å². The van der Waals surface area contributed by atoms with Gasteiger partial charge < -0.3 is 20.7 Å². The summed E-state index contributed by atoms with van der Waals surface area (Å²) in [6.45, 7) is 2.10. The summed E-state index contributed by atoms with van der Waals surface area (Å²) in [5.41, 5.74) is 1.61. The van der Waals surface area contributed by atoms with E-state index in [1.807, 2.05) is 6.08 Å². The number of nitrogens with zero attached hydrogens (tertiary/aromatic N) is 3. The van der Waals surface area contributed by atoms with E-state index in [1.165, 1.54) is 4.90 Å². The van der Waals surface area contributed by atoms with Gasteiger partial charge in [-0.3, -0.25) is 19.3 Å². The van der Waals surface area contributed by atoms with Crippen molar-refractivity contribution in [3.05, 3.63) is 78.0 Å². The number of rotatable bonds is 11. The number of nitriles is 1. The van der Waals surface area contributed by atoms with Crippen LogP contribution in [0, 0.1) is 11.3 Å². The second-order valence-electron chi connectivity index (χ2n) is 8.13. The molecule has 0 radical (unpaired) electrons. The van der Waals surface area contributed by atoms with Crippen molar-refractivity contribution in [1.82, 2.24) is 15.6 Å². The Morgan fingerprint density at radius 3 is 2.57 bits per heavy atom. The summed E-state index contributed by atoms with van der Waals surface area (Å²) < 4.78 is 5.01. The first-order chi connectivity index (χ1) is 17.9. The van der Waals surface area contributed by atoms with Crippen molar-refractivity contribution in [2.75, 3.05) is 37.0 Å². The average Bonchev–Trinajstić information content (AvgIpc) is 2.93. The van der Waals surface area contributed by atoms with E-state index in [2.05, 4.69) is 27.0 Å². The quantitative estimate of drug-likeness (QED) is 0.397. The number of anilines is 2. The molecule has 0 saturated carbocycles. The van der Waals surface area contributed by atoms with E-state index >= 15 is 0 Å². The third-order valence-electron chi connectivity index (χ3n) is 5.62. The molecular formula is C27H30N6O4. The van der Waals surface area contributed by atoms with Crippen molar-refractivity contribution in [1.29, 1.82) is 5.26 Å². The maximum absolute atomic E-state index is 13.5. The van der Waals surface area contributed by atoms with E-state index in [9.17, 15) is 14.4 Å². The van der Waals surface area contributed by atoms with Crippen LogP contribution in [0.5, 0.6) is 0 Å². The van der Waals surface area contributed by atoms with Crippen LogP contribution in [-0.4, -0.2) is 61.6 Å². The number of esters is 1. The molecule has 192 valence electrons. The van der Waals surface area contributed by atoms with Crippen LogP contribution in [0.25, 0.3) is 0 Å². The predicted molar refractivity (Wildman–Crippen MR) is 139 cm³/mol. The van der Waals surface area contributed by atoms with E-state index in [-0.39, 0.29) is 44.0 Å². The highest BCUT2D eigenvalue weighted by Gasteiger charge is 2.27. The molecular weight excluding hydrogens is 472 g/mol. The van der Waals surface area contributed by atoms with Gasteiger partial charge in [-0.1, -0.05) is 18.2 Å². The first-order valence-electron chi connectivity index (χ1n) is 11.9. The highest BCUT2D eigenvalue weighted by atomic mass is 16.5. The second kappa shape index (κ2) is 13.6. The van der Waals surface area contributed by atoms with Gasteiger partial charge in [-0.2, -0.15) is 5.26 Å². The number of ether oxygens (including phenoxy) is 1. The minimum atomic E-state index is -0.486. The van der Waals surface area contributed by atoms with Crippen molar-refractivity contribution in [3.8, 4) is 6.07 Å². The molecule has 2 atom stereocenters. The summed E-state index contributed by atoms with van der Waals surface area (Å²) >= 11 is 0. The molecule has 3 N–H and O–H groups in total. The topological polar surface area (TPSA) is 136 Å². The van der Waals surface area contributed by atoms with Gasteiger partial charge in [-0.05, 0) is 56.4 Å². The summed E-state index contributed by atoms with van der Waals surface area (Å²) in [6.07, 6.45) is 6.80. The normalized spacial score (nSPS) is 16.2. The van der Waals surface area contributed by atoms with Gasteiger partial charge in [-0.15, -0.1) is 0 Å². The molecule has 0 aliphatic heterocycles. The van der Waals surface area contributed by atoms with Crippen molar-refractivity contribution < 1.29 is 19.1 Å². The molecule has 1 aromatic carbocycles. The molecule has 1 aliphatic carbocycles. The van der Waals surface area contributed by atoms with Gasteiger partial charge in [0.15, 0.2) is 0 Å². The van der Waals surface area contributed by atoms with Gasteiger partial charge in [0.2, 0.25) is 5.91 Å². The minimum Gasteiger partial charge on any atom is -0.466 e. The number of likely N-dealkylation sites (N-methyl/N-ethyl adjacent to an activating group) is 1. The SMILES string of the molecule is CCOC(=O)CCN(C(=O)C1=CC(NC(=O)CNc2ccc(C#N)cc2)C(NC)C=C1)c1ccccn1. The van der Waals surface area contributed by atoms with Gasteiger partial charge in [0.05, 0.1) is 37.2 Å². The van der Waals surface area contributed by atoms with Gasteiger partial charge in [0, 0.05) is 30.0 Å². The molecule has 1 heterocycles. The standard InChI is InChI=1S/C27H30N6O4/c1-3-37-26(35)13-15-33(24-6-4-5-14-30-24)27(36)20-9-12-22(29-2)23(16-20)32-25(34)18-31-21-10-7-19(17-28)8-11-21/h4-12,14,16,22-23,29,31H,3,13,15,18H2,1-2H3,(H,32,34). The molecule has 0 spiro atoms. The molecule has 2 unspecified atom stereocenters. The Labute approximate surface area is 216 Å². The van der Waals surface area contributed by atoms with Crippen LogP contribution < -0.4 is 20.9 Å². The molecule has 2 aromatic rings. The van der Waals surface area contributed by atoms with Crippen LogP contribution >= 0.6 is 0 Å². The average molecular weight is 503 g/mol. The maximum atomic E-state index is 13.5. The van der Waals surface area contributed by atoms with E-state index < -0.39 is 12.0 Å². The Kier molecular flexibility index (Phi) is 9.93. The molecule has 0 fully saturated rings. The first kappa shape index (κ1) is 27.1. The third kappa shape index (κ3) is 7.75. The molecule has 10 nitrogen and oxygen atoms in total. The van der Waals surface area contributed by atoms with Crippen LogP contribution in [0.4, 0.5) is 11.5 Å². The zero-order chi connectivity index (χ0) is 26.6. The lowest BCUT2D eigenvalue weighted by Gasteiger charge is -2.28. The number of aromatic nitrogens is 1. The summed E-state index contributed by atoms with van der Waals surface area (Å²) in [4.78, 5) is 43.8. The number of pyridine rings is 1. The molecule has 3 rings (SSSR count). The third-order valence-corrected chi connectivity index (χ3v) is 5.62. The lowest BCUT2D eigenvalue weighted by atomic mass is 9.97. The largest absolute Gasteiger partial charge is 0.466 e. The number of amides is 2. The summed E-state index contributed by atoms with van der Waals surface area (Å²) in [5.74, 6) is -0.603. The predicted octanol–water partition coefficient (Wildman–Crippen LogP) is 1.92. The van der Waals surface area contributed by atoms with E-state index in [0.29, 0.717) is 22.6 Å². The maximum Gasteiger partial charge on any atom is 0.307 e. The monoisotopic (exact) mass is 502 g/mol. The Morgan fingerprint density at radius 1 is 1.14 bits per heavy atom. The summed E-state index contributed by atoms with van der Waals surface area (Å²) in [7, 11) is 1.77.